The minimum Gasteiger partial charge on any atom is -0.337 e. The van der Waals surface area contributed by atoms with Crippen LogP contribution in [-0.2, 0) is 24.2 Å². The molecule has 0 radical (unpaired) electrons. The Balaban J connectivity index is 1.68. The van der Waals surface area contributed by atoms with Gasteiger partial charge in [0.1, 0.15) is 5.82 Å². The van der Waals surface area contributed by atoms with Crippen molar-refractivity contribution in [2.45, 2.75) is 24.2 Å². The number of benzene rings is 2. The van der Waals surface area contributed by atoms with E-state index < -0.39 is 4.83 Å². The van der Waals surface area contributed by atoms with Crippen molar-refractivity contribution in [2.24, 2.45) is 0 Å². The molecular formula is C18H17BrFNO. The molecule has 0 aromatic heterocycles. The van der Waals surface area contributed by atoms with Gasteiger partial charge in [-0.15, -0.1) is 0 Å². The lowest BCUT2D eigenvalue weighted by atomic mass is 9.99. The van der Waals surface area contributed by atoms with E-state index in [1.807, 2.05) is 17.0 Å². The molecule has 0 saturated heterocycles. The van der Waals surface area contributed by atoms with Gasteiger partial charge in [-0.25, -0.2) is 4.39 Å². The summed E-state index contributed by atoms with van der Waals surface area (Å²) < 4.78 is 13.7. The van der Waals surface area contributed by atoms with Crippen LogP contribution < -0.4 is 0 Å². The van der Waals surface area contributed by atoms with Gasteiger partial charge in [-0.2, -0.15) is 0 Å². The van der Waals surface area contributed by atoms with Gasteiger partial charge in [0.05, 0.1) is 4.83 Å². The summed E-state index contributed by atoms with van der Waals surface area (Å²) in [5.74, 6) is -0.235. The lowest BCUT2D eigenvalue weighted by molar-refractivity contribution is -0.131. The Labute approximate surface area is 138 Å². The highest BCUT2D eigenvalue weighted by molar-refractivity contribution is 9.10. The highest BCUT2D eigenvalue weighted by Crippen LogP contribution is 2.22. The Morgan fingerprint density at radius 2 is 1.82 bits per heavy atom. The number of rotatable bonds is 3. The first-order valence-electron chi connectivity index (χ1n) is 7.38. The Morgan fingerprint density at radius 1 is 1.14 bits per heavy atom. The van der Waals surface area contributed by atoms with Gasteiger partial charge in [0, 0.05) is 13.1 Å². The normalized spacial score (nSPS) is 15.3. The average Bonchev–Trinajstić information content (AvgIpc) is 2.55. The fourth-order valence-electron chi connectivity index (χ4n) is 2.83. The van der Waals surface area contributed by atoms with E-state index in [4.69, 9.17) is 0 Å². The van der Waals surface area contributed by atoms with E-state index in [2.05, 4.69) is 28.1 Å². The molecule has 4 heteroatoms. The third-order valence-electron chi connectivity index (χ3n) is 4.07. The maximum Gasteiger partial charge on any atom is 0.237 e. The van der Waals surface area contributed by atoms with Crippen molar-refractivity contribution in [2.75, 3.05) is 6.54 Å². The predicted molar refractivity (Wildman–Crippen MR) is 88.4 cm³/mol. The van der Waals surface area contributed by atoms with Crippen molar-refractivity contribution >= 4 is 21.8 Å². The number of nitrogens with zero attached hydrogens (tertiary/aromatic N) is 1. The molecule has 0 spiro atoms. The number of amides is 1. The van der Waals surface area contributed by atoms with Crippen molar-refractivity contribution in [1.82, 2.24) is 4.90 Å². The van der Waals surface area contributed by atoms with Crippen LogP contribution in [0, 0.1) is 5.82 Å². The summed E-state index contributed by atoms with van der Waals surface area (Å²) in [6, 6.07) is 14.8. The summed E-state index contributed by atoms with van der Waals surface area (Å²) >= 11 is 3.43. The Kier molecular flexibility index (Phi) is 4.57. The SMILES string of the molecule is O=C(C(Br)Cc1ccccc1F)N1CCc2ccccc2C1. The second-order valence-electron chi connectivity index (χ2n) is 5.54. The Hall–Kier alpha value is -1.68. The fourth-order valence-corrected chi connectivity index (χ4v) is 3.46. The number of hydrogen-bond donors (Lipinski definition) is 0. The van der Waals surface area contributed by atoms with Crippen molar-refractivity contribution < 1.29 is 9.18 Å². The lowest BCUT2D eigenvalue weighted by Crippen LogP contribution is -2.40. The third kappa shape index (κ3) is 3.22. The standard InChI is InChI=1S/C18H17BrFNO/c19-16(11-14-6-3-4-8-17(14)20)18(22)21-10-9-13-5-1-2-7-15(13)12-21/h1-8,16H,9-12H2. The van der Waals surface area contributed by atoms with Crippen LogP contribution in [0.2, 0.25) is 0 Å². The molecule has 1 aliphatic rings. The van der Waals surface area contributed by atoms with Gasteiger partial charge in [-0.05, 0) is 35.6 Å². The molecule has 3 rings (SSSR count). The molecule has 114 valence electrons. The number of fused-ring (bicyclic) bond motifs is 1. The Bertz CT molecular complexity index is 688. The summed E-state index contributed by atoms with van der Waals surface area (Å²) in [6.45, 7) is 1.35. The van der Waals surface area contributed by atoms with E-state index in [1.54, 1.807) is 18.2 Å². The zero-order valence-corrected chi connectivity index (χ0v) is 13.7. The molecule has 2 nitrogen and oxygen atoms in total. The maximum absolute atomic E-state index is 13.7. The third-order valence-corrected chi connectivity index (χ3v) is 4.78. The molecule has 1 heterocycles. The zero-order chi connectivity index (χ0) is 15.5. The number of halogens is 2. The van der Waals surface area contributed by atoms with Gasteiger partial charge in [0.15, 0.2) is 0 Å². The molecule has 0 bridgehead atoms. The first-order chi connectivity index (χ1) is 10.6. The topological polar surface area (TPSA) is 20.3 Å². The highest BCUT2D eigenvalue weighted by atomic mass is 79.9. The molecule has 22 heavy (non-hydrogen) atoms. The average molecular weight is 362 g/mol. The van der Waals surface area contributed by atoms with E-state index in [0.717, 1.165) is 13.0 Å². The first kappa shape index (κ1) is 15.2. The number of alkyl halides is 1. The largest absolute Gasteiger partial charge is 0.337 e. The fraction of sp³-hybridized carbons (Fsp3) is 0.278. The van der Waals surface area contributed by atoms with Gasteiger partial charge < -0.3 is 4.90 Å². The van der Waals surface area contributed by atoms with Crippen LogP contribution in [-0.4, -0.2) is 22.2 Å². The molecule has 2 aromatic carbocycles. The molecular weight excluding hydrogens is 345 g/mol. The van der Waals surface area contributed by atoms with Crippen molar-refractivity contribution in [3.05, 3.63) is 71.0 Å². The van der Waals surface area contributed by atoms with Crippen LogP contribution in [0.1, 0.15) is 16.7 Å². The smallest absolute Gasteiger partial charge is 0.237 e. The molecule has 1 atom stereocenters. The van der Waals surface area contributed by atoms with Crippen LogP contribution in [0.4, 0.5) is 4.39 Å². The van der Waals surface area contributed by atoms with Crippen molar-refractivity contribution in [3.63, 3.8) is 0 Å². The number of carbonyl (C=O) groups is 1. The van der Waals surface area contributed by atoms with E-state index in [0.29, 0.717) is 18.5 Å². The van der Waals surface area contributed by atoms with E-state index in [1.165, 1.54) is 17.2 Å². The molecule has 0 aliphatic carbocycles. The number of hydrogen-bond acceptors (Lipinski definition) is 1. The van der Waals surface area contributed by atoms with Crippen molar-refractivity contribution in [1.29, 1.82) is 0 Å². The predicted octanol–water partition coefficient (Wildman–Crippen LogP) is 3.72. The van der Waals surface area contributed by atoms with E-state index >= 15 is 0 Å². The van der Waals surface area contributed by atoms with Crippen molar-refractivity contribution in [3.8, 4) is 0 Å². The monoisotopic (exact) mass is 361 g/mol. The Morgan fingerprint density at radius 3 is 2.59 bits per heavy atom. The second kappa shape index (κ2) is 6.61. The van der Waals surface area contributed by atoms with Crippen LogP contribution >= 0.6 is 15.9 Å². The van der Waals surface area contributed by atoms with Gasteiger partial charge in [-0.3, -0.25) is 4.79 Å². The molecule has 1 unspecified atom stereocenters. The van der Waals surface area contributed by atoms with Crippen LogP contribution in [0.15, 0.2) is 48.5 Å². The lowest BCUT2D eigenvalue weighted by Gasteiger charge is -2.30. The first-order valence-corrected chi connectivity index (χ1v) is 8.30. The minimum atomic E-state index is -0.394. The van der Waals surface area contributed by atoms with Crippen LogP contribution in [0.25, 0.3) is 0 Å². The summed E-state index contributed by atoms with van der Waals surface area (Å²) in [6.07, 6.45) is 1.24. The molecule has 0 fully saturated rings. The molecule has 0 saturated carbocycles. The molecule has 1 aliphatic heterocycles. The molecule has 1 amide bonds. The van der Waals surface area contributed by atoms with Gasteiger partial charge in [-0.1, -0.05) is 58.4 Å². The summed E-state index contributed by atoms with van der Waals surface area (Å²) in [4.78, 5) is 14.0. The minimum absolute atomic E-state index is 0.0257. The van der Waals surface area contributed by atoms with E-state index in [9.17, 15) is 9.18 Å². The summed E-state index contributed by atoms with van der Waals surface area (Å²) in [5, 5.41) is 0. The van der Waals surface area contributed by atoms with Crippen LogP contribution in [0.3, 0.4) is 0 Å². The van der Waals surface area contributed by atoms with Gasteiger partial charge >= 0.3 is 0 Å². The van der Waals surface area contributed by atoms with Gasteiger partial charge in [0.25, 0.3) is 0 Å². The molecule has 0 N–H and O–H groups in total. The van der Waals surface area contributed by atoms with E-state index in [-0.39, 0.29) is 11.7 Å². The quantitative estimate of drug-likeness (QED) is 0.763. The summed E-state index contributed by atoms with van der Waals surface area (Å²) in [7, 11) is 0. The van der Waals surface area contributed by atoms with Crippen LogP contribution in [0.5, 0.6) is 0 Å². The summed E-state index contributed by atoms with van der Waals surface area (Å²) in [5.41, 5.74) is 3.08. The maximum atomic E-state index is 13.7. The van der Waals surface area contributed by atoms with Gasteiger partial charge in [0.2, 0.25) is 5.91 Å². The highest BCUT2D eigenvalue weighted by Gasteiger charge is 2.26. The second-order valence-corrected chi connectivity index (χ2v) is 6.65. The number of carbonyl (C=O) groups excluding carboxylic acids is 1. The zero-order valence-electron chi connectivity index (χ0n) is 12.1. The molecule has 2 aromatic rings.